The first-order valence-electron chi connectivity index (χ1n) is 8.33. The molecule has 0 amide bonds. The molecule has 0 aromatic heterocycles. The Morgan fingerprint density at radius 3 is 2.62 bits per heavy atom. The van der Waals surface area contributed by atoms with E-state index in [1.807, 2.05) is 0 Å². The number of aliphatic hydroxyl groups is 1. The molecule has 2 aliphatic carbocycles. The number of hydrogen-bond donors (Lipinski definition) is 2. The van der Waals surface area contributed by atoms with Gasteiger partial charge in [0.05, 0.1) is 0 Å². The minimum atomic E-state index is -0.458. The molecule has 0 spiro atoms. The quantitative estimate of drug-likeness (QED) is 0.845. The maximum Gasteiger partial charge on any atom is 0.119 e. The summed E-state index contributed by atoms with van der Waals surface area (Å²) in [6.45, 7) is 5.08. The van der Waals surface area contributed by atoms with Crippen molar-refractivity contribution in [3.8, 4) is 5.75 Å². The Bertz CT molecular complexity index is 486. The van der Waals surface area contributed by atoms with Gasteiger partial charge in [0.2, 0.25) is 0 Å². The zero-order valence-corrected chi connectivity index (χ0v) is 13.1. The number of nitrogens with one attached hydrogen (secondary N) is 1. The molecular weight excluding hydrogens is 262 g/mol. The Morgan fingerprint density at radius 2 is 1.90 bits per heavy atom. The largest absolute Gasteiger partial charge is 0.491 e. The van der Waals surface area contributed by atoms with Crippen LogP contribution < -0.4 is 10.1 Å². The summed E-state index contributed by atoms with van der Waals surface area (Å²) in [5, 5.41) is 13.1. The molecule has 1 aromatic rings. The van der Waals surface area contributed by atoms with Crippen LogP contribution in [-0.4, -0.2) is 30.4 Å². The monoisotopic (exact) mass is 289 g/mol. The lowest BCUT2D eigenvalue weighted by Gasteiger charge is -2.43. The van der Waals surface area contributed by atoms with E-state index >= 15 is 0 Å². The van der Waals surface area contributed by atoms with Gasteiger partial charge in [0.25, 0.3) is 0 Å². The maximum absolute atomic E-state index is 9.90. The molecule has 1 fully saturated rings. The van der Waals surface area contributed by atoms with E-state index in [-0.39, 0.29) is 0 Å². The van der Waals surface area contributed by atoms with Crippen LogP contribution in [-0.2, 0) is 0 Å². The molecule has 3 rings (SSSR count). The Hall–Kier alpha value is -1.06. The summed E-state index contributed by atoms with van der Waals surface area (Å²) in [5.74, 6) is 2.48. The summed E-state index contributed by atoms with van der Waals surface area (Å²) in [6, 6.07) is 6.88. The predicted molar refractivity (Wildman–Crippen MR) is 85.0 cm³/mol. The van der Waals surface area contributed by atoms with Crippen LogP contribution >= 0.6 is 0 Å². The Labute approximate surface area is 127 Å². The van der Waals surface area contributed by atoms with Crippen molar-refractivity contribution in [1.82, 2.24) is 5.32 Å². The predicted octanol–water partition coefficient (Wildman–Crippen LogP) is 3.18. The number of rotatable bonds is 6. The molecule has 1 unspecified atom stereocenters. The molecule has 1 aromatic carbocycles. The van der Waals surface area contributed by atoms with Crippen LogP contribution in [0.25, 0.3) is 0 Å². The second-order valence-corrected chi connectivity index (χ2v) is 6.82. The summed E-state index contributed by atoms with van der Waals surface area (Å²) in [4.78, 5) is 0. The van der Waals surface area contributed by atoms with E-state index in [2.05, 4.69) is 37.4 Å². The fourth-order valence-electron chi connectivity index (χ4n) is 3.70. The van der Waals surface area contributed by atoms with E-state index in [9.17, 15) is 5.11 Å². The molecule has 0 bridgehead atoms. The van der Waals surface area contributed by atoms with Crippen molar-refractivity contribution in [3.63, 3.8) is 0 Å². The van der Waals surface area contributed by atoms with Crippen molar-refractivity contribution in [2.75, 3.05) is 13.2 Å². The molecule has 21 heavy (non-hydrogen) atoms. The topological polar surface area (TPSA) is 41.5 Å². The third kappa shape index (κ3) is 3.24. The fourth-order valence-corrected chi connectivity index (χ4v) is 3.70. The first kappa shape index (κ1) is 14.9. The third-order valence-electron chi connectivity index (χ3n) is 4.83. The highest BCUT2D eigenvalue weighted by molar-refractivity contribution is 5.49. The number of benzene rings is 1. The zero-order chi connectivity index (χ0) is 14.8. The highest BCUT2D eigenvalue weighted by atomic mass is 16.5. The second kappa shape index (κ2) is 6.37. The van der Waals surface area contributed by atoms with Gasteiger partial charge in [0, 0.05) is 12.6 Å². The van der Waals surface area contributed by atoms with Crippen LogP contribution in [0.1, 0.15) is 62.5 Å². The Morgan fingerprint density at radius 1 is 1.19 bits per heavy atom. The normalized spacial score (nSPS) is 25.0. The molecule has 0 aliphatic heterocycles. The molecule has 0 radical (unpaired) electrons. The van der Waals surface area contributed by atoms with Gasteiger partial charge >= 0.3 is 0 Å². The molecule has 3 heteroatoms. The molecule has 1 saturated carbocycles. The van der Waals surface area contributed by atoms with Crippen LogP contribution in [0.15, 0.2) is 18.2 Å². The second-order valence-electron chi connectivity index (χ2n) is 6.82. The van der Waals surface area contributed by atoms with Crippen molar-refractivity contribution in [2.24, 2.45) is 0 Å². The fraction of sp³-hybridized carbons (Fsp3) is 0.667. The van der Waals surface area contributed by atoms with Gasteiger partial charge in [0.1, 0.15) is 18.5 Å². The molecule has 3 nitrogen and oxygen atoms in total. The molecule has 2 aliphatic rings. The highest BCUT2D eigenvalue weighted by Gasteiger charge is 2.38. The van der Waals surface area contributed by atoms with E-state index in [0.29, 0.717) is 19.2 Å². The standard InChI is InChI=1S/C18H27NO2/c1-12(2)19-10-13(20)11-21-14-7-8-17-15-5-3-4-6-16(15)18(17)9-14/h7-9,12-13,15-16,19-20H,3-6,10-11H2,1-2H3/t13?,15-,16+/m0/s1. The van der Waals surface area contributed by atoms with Crippen LogP contribution in [0.2, 0.25) is 0 Å². The summed E-state index contributed by atoms with van der Waals surface area (Å²) in [5.41, 5.74) is 3.03. The Balaban J connectivity index is 1.54. The third-order valence-corrected chi connectivity index (χ3v) is 4.83. The number of hydrogen-bond acceptors (Lipinski definition) is 3. The van der Waals surface area contributed by atoms with Crippen molar-refractivity contribution in [3.05, 3.63) is 29.3 Å². The first-order valence-corrected chi connectivity index (χ1v) is 8.33. The smallest absolute Gasteiger partial charge is 0.119 e. The summed E-state index contributed by atoms with van der Waals surface area (Å²) >= 11 is 0. The summed E-state index contributed by atoms with van der Waals surface area (Å²) in [6.07, 6.45) is 4.99. The summed E-state index contributed by atoms with van der Waals surface area (Å²) in [7, 11) is 0. The van der Waals surface area contributed by atoms with E-state index in [4.69, 9.17) is 4.74 Å². The van der Waals surface area contributed by atoms with E-state index in [0.717, 1.165) is 17.6 Å². The zero-order valence-electron chi connectivity index (χ0n) is 13.1. The lowest BCUT2D eigenvalue weighted by molar-refractivity contribution is 0.104. The van der Waals surface area contributed by atoms with Gasteiger partial charge in [-0.05, 0) is 47.9 Å². The number of aliphatic hydroxyl groups excluding tert-OH is 1. The number of fused-ring (bicyclic) bond motifs is 4. The van der Waals surface area contributed by atoms with Gasteiger partial charge in [-0.2, -0.15) is 0 Å². The minimum absolute atomic E-state index is 0.354. The van der Waals surface area contributed by atoms with Crippen LogP contribution in [0, 0.1) is 0 Å². The SMILES string of the molecule is CC(C)NCC(O)COc1ccc2c(c1)[C@@H]1CCCC[C@H]21. The lowest BCUT2D eigenvalue weighted by Crippen LogP contribution is -2.35. The molecule has 2 N–H and O–H groups in total. The van der Waals surface area contributed by atoms with Gasteiger partial charge < -0.3 is 15.2 Å². The van der Waals surface area contributed by atoms with Gasteiger partial charge in [-0.1, -0.05) is 32.8 Å². The van der Waals surface area contributed by atoms with Crippen LogP contribution in [0.5, 0.6) is 5.75 Å². The van der Waals surface area contributed by atoms with E-state index < -0.39 is 6.10 Å². The lowest BCUT2D eigenvalue weighted by atomic mass is 9.61. The van der Waals surface area contributed by atoms with Crippen molar-refractivity contribution in [1.29, 1.82) is 0 Å². The van der Waals surface area contributed by atoms with Gasteiger partial charge in [-0.3, -0.25) is 0 Å². The summed E-state index contributed by atoms with van der Waals surface area (Å²) < 4.78 is 5.76. The van der Waals surface area contributed by atoms with Crippen molar-refractivity contribution in [2.45, 2.75) is 63.5 Å². The average Bonchev–Trinajstić information content (AvgIpc) is 2.48. The van der Waals surface area contributed by atoms with Crippen molar-refractivity contribution < 1.29 is 9.84 Å². The van der Waals surface area contributed by atoms with Crippen molar-refractivity contribution >= 4 is 0 Å². The average molecular weight is 289 g/mol. The molecular formula is C18H27NO2. The highest BCUT2D eigenvalue weighted by Crippen LogP contribution is 2.55. The molecule has 3 atom stereocenters. The van der Waals surface area contributed by atoms with E-state index in [1.54, 1.807) is 0 Å². The van der Waals surface area contributed by atoms with Crippen LogP contribution in [0.4, 0.5) is 0 Å². The first-order chi connectivity index (χ1) is 10.1. The Kier molecular flexibility index (Phi) is 4.51. The van der Waals surface area contributed by atoms with Gasteiger partial charge in [0.15, 0.2) is 0 Å². The van der Waals surface area contributed by atoms with Gasteiger partial charge in [-0.15, -0.1) is 0 Å². The molecule has 0 heterocycles. The maximum atomic E-state index is 9.90. The van der Waals surface area contributed by atoms with Gasteiger partial charge in [-0.25, -0.2) is 0 Å². The molecule has 116 valence electrons. The van der Waals surface area contributed by atoms with Crippen LogP contribution in [0.3, 0.4) is 0 Å². The number of ether oxygens (including phenoxy) is 1. The van der Waals surface area contributed by atoms with E-state index in [1.165, 1.54) is 36.8 Å². The molecule has 0 saturated heterocycles. The minimum Gasteiger partial charge on any atom is -0.491 e.